The first-order chi connectivity index (χ1) is 13.5. The van der Waals surface area contributed by atoms with E-state index < -0.39 is 0 Å². The van der Waals surface area contributed by atoms with Crippen molar-refractivity contribution in [1.82, 2.24) is 4.90 Å². The molecule has 0 aromatic heterocycles. The number of amides is 1. The van der Waals surface area contributed by atoms with E-state index in [0.717, 1.165) is 48.6 Å². The first-order valence-electron chi connectivity index (χ1n) is 10.2. The van der Waals surface area contributed by atoms with Gasteiger partial charge in [-0.1, -0.05) is 6.07 Å². The van der Waals surface area contributed by atoms with E-state index >= 15 is 0 Å². The van der Waals surface area contributed by atoms with Crippen LogP contribution >= 0.6 is 0 Å². The first-order valence-corrected chi connectivity index (χ1v) is 10.2. The van der Waals surface area contributed by atoms with Gasteiger partial charge < -0.3 is 14.4 Å². The molecule has 0 unspecified atom stereocenters. The Balaban J connectivity index is 1.82. The van der Waals surface area contributed by atoms with Gasteiger partial charge in [0.15, 0.2) is 0 Å². The summed E-state index contributed by atoms with van der Waals surface area (Å²) in [5.41, 5.74) is 5.15. The minimum Gasteiger partial charge on any atom is -0.493 e. The molecule has 1 heterocycles. The Morgan fingerprint density at radius 1 is 0.964 bits per heavy atom. The van der Waals surface area contributed by atoms with Gasteiger partial charge in [0.05, 0.1) is 6.61 Å². The average molecular weight is 382 g/mol. The average Bonchev–Trinajstić information content (AvgIpc) is 2.70. The van der Waals surface area contributed by atoms with Crippen molar-refractivity contribution in [2.45, 2.75) is 53.6 Å². The van der Waals surface area contributed by atoms with Gasteiger partial charge >= 0.3 is 0 Å². The maximum absolute atomic E-state index is 12.9. The van der Waals surface area contributed by atoms with Crippen LogP contribution in [-0.4, -0.2) is 30.5 Å². The Labute approximate surface area is 168 Å². The molecule has 2 aromatic rings. The lowest BCUT2D eigenvalue weighted by molar-refractivity contribution is 0.0724. The summed E-state index contributed by atoms with van der Waals surface area (Å²) < 4.78 is 11.9. The van der Waals surface area contributed by atoms with Crippen LogP contribution in [0.25, 0.3) is 0 Å². The number of nitrogens with zero attached hydrogens (tertiary/aromatic N) is 1. The first kappa shape index (κ1) is 20.2. The molecule has 1 aliphatic rings. The molecule has 4 heteroatoms. The molecular weight excluding hydrogens is 350 g/mol. The summed E-state index contributed by atoms with van der Waals surface area (Å²) in [4.78, 5) is 14.8. The fourth-order valence-electron chi connectivity index (χ4n) is 3.71. The molecule has 1 amide bonds. The zero-order valence-corrected chi connectivity index (χ0v) is 17.5. The molecule has 0 spiro atoms. The normalized spacial score (nSPS) is 14.1. The molecule has 150 valence electrons. The third-order valence-corrected chi connectivity index (χ3v) is 5.40. The van der Waals surface area contributed by atoms with E-state index in [9.17, 15) is 4.79 Å². The van der Waals surface area contributed by atoms with Crippen molar-refractivity contribution in [3.63, 3.8) is 0 Å². The Bertz CT molecular complexity index is 838. The molecule has 0 aliphatic carbocycles. The van der Waals surface area contributed by atoms with Crippen LogP contribution in [0.2, 0.25) is 0 Å². The fraction of sp³-hybridized carbons (Fsp3) is 0.458. The summed E-state index contributed by atoms with van der Waals surface area (Å²) in [5.74, 6) is 1.76. The van der Waals surface area contributed by atoms with E-state index in [1.54, 1.807) is 0 Å². The van der Waals surface area contributed by atoms with Crippen LogP contribution in [0.5, 0.6) is 11.5 Å². The lowest BCUT2D eigenvalue weighted by atomic mass is 10.1. The van der Waals surface area contributed by atoms with Crippen LogP contribution in [-0.2, 0) is 6.61 Å². The molecular formula is C24H31NO3. The molecule has 0 saturated carbocycles. The zero-order chi connectivity index (χ0) is 20.1. The maximum Gasteiger partial charge on any atom is 0.253 e. The van der Waals surface area contributed by atoms with Crippen LogP contribution < -0.4 is 9.47 Å². The number of hydrogen-bond acceptors (Lipinski definition) is 3. The summed E-state index contributed by atoms with van der Waals surface area (Å²) in [7, 11) is 0. The van der Waals surface area contributed by atoms with Crippen molar-refractivity contribution in [1.29, 1.82) is 0 Å². The lowest BCUT2D eigenvalue weighted by Crippen LogP contribution is -2.35. The molecule has 2 aromatic carbocycles. The topological polar surface area (TPSA) is 38.8 Å². The van der Waals surface area contributed by atoms with Gasteiger partial charge in [-0.3, -0.25) is 4.79 Å². The quantitative estimate of drug-likeness (QED) is 0.689. The van der Waals surface area contributed by atoms with E-state index in [0.29, 0.717) is 18.8 Å². The number of likely N-dealkylation sites (tertiary alicyclic amines) is 1. The van der Waals surface area contributed by atoms with E-state index in [2.05, 4.69) is 32.9 Å². The van der Waals surface area contributed by atoms with Gasteiger partial charge in [-0.25, -0.2) is 0 Å². The van der Waals surface area contributed by atoms with Crippen molar-refractivity contribution < 1.29 is 14.3 Å². The monoisotopic (exact) mass is 381 g/mol. The fourth-order valence-corrected chi connectivity index (χ4v) is 3.71. The molecule has 1 aliphatic heterocycles. The summed E-state index contributed by atoms with van der Waals surface area (Å²) in [5, 5.41) is 0. The summed E-state index contributed by atoms with van der Waals surface area (Å²) in [6.07, 6.45) is 3.39. The summed E-state index contributed by atoms with van der Waals surface area (Å²) >= 11 is 0. The van der Waals surface area contributed by atoms with Gasteiger partial charge in [-0.05, 0) is 87.9 Å². The van der Waals surface area contributed by atoms with Crippen LogP contribution in [0, 0.1) is 20.8 Å². The Morgan fingerprint density at radius 3 is 2.43 bits per heavy atom. The minimum absolute atomic E-state index is 0.103. The van der Waals surface area contributed by atoms with E-state index in [-0.39, 0.29) is 5.91 Å². The number of aryl methyl sites for hydroxylation is 2. The van der Waals surface area contributed by atoms with Crippen molar-refractivity contribution in [3.8, 4) is 11.5 Å². The predicted molar refractivity (Wildman–Crippen MR) is 112 cm³/mol. The summed E-state index contributed by atoms with van der Waals surface area (Å²) in [6.45, 7) is 10.9. The number of rotatable bonds is 6. The molecule has 0 atom stereocenters. The van der Waals surface area contributed by atoms with Gasteiger partial charge in [0.25, 0.3) is 5.91 Å². The number of carbonyl (C=O) groups is 1. The van der Waals surface area contributed by atoms with Gasteiger partial charge in [-0.2, -0.15) is 0 Å². The maximum atomic E-state index is 12.9. The number of ether oxygens (including phenoxy) is 2. The molecule has 1 saturated heterocycles. The SMILES string of the molecule is CCOc1ccc(C(=O)N2CCCCC2)cc1COc1cc(C)cc(C)c1C. The number of carbonyl (C=O) groups excluding carboxylic acids is 1. The second-order valence-corrected chi connectivity index (χ2v) is 7.60. The highest BCUT2D eigenvalue weighted by atomic mass is 16.5. The van der Waals surface area contributed by atoms with Crippen molar-refractivity contribution in [2.75, 3.05) is 19.7 Å². The number of piperidine rings is 1. The van der Waals surface area contributed by atoms with Crippen molar-refractivity contribution >= 4 is 5.91 Å². The van der Waals surface area contributed by atoms with E-state index in [4.69, 9.17) is 9.47 Å². The molecule has 3 rings (SSSR count). The predicted octanol–water partition coefficient (Wildman–Crippen LogP) is 5.22. The molecule has 4 nitrogen and oxygen atoms in total. The molecule has 0 N–H and O–H groups in total. The van der Waals surface area contributed by atoms with Crippen molar-refractivity contribution in [3.05, 3.63) is 58.1 Å². The molecule has 0 radical (unpaired) electrons. The highest BCUT2D eigenvalue weighted by Gasteiger charge is 2.19. The van der Waals surface area contributed by atoms with Crippen LogP contribution in [0.15, 0.2) is 30.3 Å². The van der Waals surface area contributed by atoms with Crippen molar-refractivity contribution in [2.24, 2.45) is 0 Å². The molecule has 0 bridgehead atoms. The second kappa shape index (κ2) is 9.13. The van der Waals surface area contributed by atoms with Gasteiger partial charge in [0, 0.05) is 24.2 Å². The number of hydrogen-bond donors (Lipinski definition) is 0. The zero-order valence-electron chi connectivity index (χ0n) is 17.5. The Hall–Kier alpha value is -2.49. The van der Waals surface area contributed by atoms with E-state index in [1.165, 1.54) is 17.5 Å². The molecule has 1 fully saturated rings. The smallest absolute Gasteiger partial charge is 0.253 e. The highest BCUT2D eigenvalue weighted by molar-refractivity contribution is 5.94. The lowest BCUT2D eigenvalue weighted by Gasteiger charge is -2.27. The summed E-state index contributed by atoms with van der Waals surface area (Å²) in [6, 6.07) is 9.91. The third kappa shape index (κ3) is 4.67. The van der Waals surface area contributed by atoms with Gasteiger partial charge in [0.2, 0.25) is 0 Å². The van der Waals surface area contributed by atoms with Crippen LogP contribution in [0.4, 0.5) is 0 Å². The number of benzene rings is 2. The van der Waals surface area contributed by atoms with Crippen LogP contribution in [0.1, 0.15) is 58.8 Å². The molecule has 28 heavy (non-hydrogen) atoms. The minimum atomic E-state index is 0.103. The van der Waals surface area contributed by atoms with Crippen LogP contribution in [0.3, 0.4) is 0 Å². The second-order valence-electron chi connectivity index (χ2n) is 7.60. The Kier molecular flexibility index (Phi) is 6.61. The Morgan fingerprint density at radius 2 is 1.71 bits per heavy atom. The third-order valence-electron chi connectivity index (χ3n) is 5.40. The standard InChI is InChI=1S/C24H31NO3/c1-5-27-22-10-9-20(24(26)25-11-7-6-8-12-25)15-21(22)16-28-23-14-17(2)13-18(3)19(23)4/h9-10,13-15H,5-8,11-12,16H2,1-4H3. The van der Waals surface area contributed by atoms with Gasteiger partial charge in [0.1, 0.15) is 18.1 Å². The highest BCUT2D eigenvalue weighted by Crippen LogP contribution is 2.27. The largest absolute Gasteiger partial charge is 0.493 e. The van der Waals surface area contributed by atoms with E-state index in [1.807, 2.05) is 30.0 Å². The van der Waals surface area contributed by atoms with Gasteiger partial charge in [-0.15, -0.1) is 0 Å².